The van der Waals surface area contributed by atoms with E-state index < -0.39 is 17.3 Å². The number of carbonyl (C=O) groups excluding carboxylic acids is 1. The van der Waals surface area contributed by atoms with Gasteiger partial charge in [0.15, 0.2) is 0 Å². The van der Waals surface area contributed by atoms with Gasteiger partial charge in [0.1, 0.15) is 12.4 Å². The monoisotopic (exact) mass is 240 g/mol. The van der Waals surface area contributed by atoms with E-state index in [1.807, 2.05) is 0 Å². The molecule has 0 spiro atoms. The lowest BCUT2D eigenvalue weighted by atomic mass is 10.1. The molecule has 0 radical (unpaired) electrons. The zero-order chi connectivity index (χ0) is 12.9. The van der Waals surface area contributed by atoms with E-state index in [2.05, 4.69) is 5.32 Å². The van der Waals surface area contributed by atoms with Crippen molar-refractivity contribution in [1.82, 2.24) is 0 Å². The number of carbonyl (C=O) groups is 1. The molecule has 0 atom stereocenters. The number of benzene rings is 1. The van der Waals surface area contributed by atoms with Crippen LogP contribution in [0.1, 0.15) is 13.8 Å². The van der Waals surface area contributed by atoms with Gasteiger partial charge >= 0.3 is 0 Å². The van der Waals surface area contributed by atoms with Crippen LogP contribution in [-0.2, 0) is 9.53 Å². The number of hydrogen-bond donors (Lipinski definition) is 2. The number of amides is 1. The Morgan fingerprint density at radius 3 is 2.71 bits per heavy atom. The predicted molar refractivity (Wildman–Crippen MR) is 64.1 cm³/mol. The van der Waals surface area contributed by atoms with Gasteiger partial charge in [-0.15, -0.1) is 0 Å². The number of para-hydroxylation sites is 1. The number of hydrogen-bond acceptors (Lipinski definition) is 3. The smallest absolute Gasteiger partial charge is 0.250 e. The molecule has 0 fully saturated rings. The third-order valence-electron chi connectivity index (χ3n) is 2.23. The van der Waals surface area contributed by atoms with Crippen molar-refractivity contribution in [3.8, 4) is 0 Å². The van der Waals surface area contributed by atoms with Gasteiger partial charge in [0.25, 0.3) is 0 Å². The Kier molecular flexibility index (Phi) is 4.60. The second-order valence-corrected chi connectivity index (χ2v) is 4.28. The molecule has 0 unspecified atom stereocenters. The fourth-order valence-electron chi connectivity index (χ4n) is 1.07. The zero-order valence-electron chi connectivity index (χ0n) is 10.00. The highest BCUT2D eigenvalue weighted by Crippen LogP contribution is 2.12. The lowest BCUT2D eigenvalue weighted by Gasteiger charge is -2.22. The molecule has 1 aromatic carbocycles. The quantitative estimate of drug-likeness (QED) is 0.820. The number of halogens is 1. The fourth-order valence-corrected chi connectivity index (χ4v) is 1.07. The van der Waals surface area contributed by atoms with E-state index in [9.17, 15) is 9.18 Å². The van der Waals surface area contributed by atoms with Crippen LogP contribution in [0.15, 0.2) is 24.3 Å². The summed E-state index contributed by atoms with van der Waals surface area (Å²) in [4.78, 5) is 11.5. The Morgan fingerprint density at radius 1 is 1.47 bits per heavy atom. The molecule has 0 heterocycles. The number of nitrogens with one attached hydrogen (secondary N) is 1. The maximum Gasteiger partial charge on any atom is 0.250 e. The normalized spacial score (nSPS) is 11.3. The number of rotatable bonds is 5. The Balaban J connectivity index is 2.48. The van der Waals surface area contributed by atoms with Gasteiger partial charge in [-0.2, -0.15) is 0 Å². The first-order valence-electron chi connectivity index (χ1n) is 5.33. The molecular formula is C12H17FN2O2. The van der Waals surface area contributed by atoms with Gasteiger partial charge in [0.2, 0.25) is 5.91 Å². The maximum absolute atomic E-state index is 13.2. The molecule has 0 aliphatic rings. The van der Waals surface area contributed by atoms with Crippen LogP contribution in [0.3, 0.4) is 0 Å². The molecule has 0 saturated carbocycles. The predicted octanol–water partition coefficient (Wildman–Crippen LogP) is 1.52. The second-order valence-electron chi connectivity index (χ2n) is 4.28. The molecule has 0 bridgehead atoms. The van der Waals surface area contributed by atoms with Crippen LogP contribution < -0.4 is 11.1 Å². The summed E-state index contributed by atoms with van der Waals surface area (Å²) in [7, 11) is 0. The van der Waals surface area contributed by atoms with E-state index in [1.54, 1.807) is 26.0 Å². The molecule has 0 aliphatic heterocycles. The summed E-state index contributed by atoms with van der Waals surface area (Å²) < 4.78 is 18.5. The van der Waals surface area contributed by atoms with Crippen LogP contribution in [0.5, 0.6) is 0 Å². The Labute approximate surface area is 100.0 Å². The molecule has 1 aromatic rings. The first-order valence-corrected chi connectivity index (χ1v) is 5.33. The number of nitrogens with two attached hydrogens (primary N) is 1. The molecule has 17 heavy (non-hydrogen) atoms. The van der Waals surface area contributed by atoms with E-state index in [0.717, 1.165) is 0 Å². The summed E-state index contributed by atoms with van der Waals surface area (Å²) in [6, 6.07) is 5.96. The van der Waals surface area contributed by atoms with Crippen molar-refractivity contribution in [2.75, 3.05) is 18.5 Å². The summed E-state index contributed by atoms with van der Waals surface area (Å²) >= 11 is 0. The summed E-state index contributed by atoms with van der Waals surface area (Å²) in [6.07, 6.45) is 0. The summed E-state index contributed by atoms with van der Waals surface area (Å²) in [5.74, 6) is -0.879. The van der Waals surface area contributed by atoms with Crippen molar-refractivity contribution in [3.05, 3.63) is 30.1 Å². The molecule has 1 amide bonds. The SMILES string of the molecule is CC(C)(CN)OCC(=O)Nc1ccccc1F. The molecule has 1 rings (SSSR count). The molecule has 3 N–H and O–H groups in total. The molecule has 0 saturated heterocycles. The Hall–Kier alpha value is -1.46. The van der Waals surface area contributed by atoms with Crippen molar-refractivity contribution in [2.24, 2.45) is 5.73 Å². The molecule has 94 valence electrons. The van der Waals surface area contributed by atoms with E-state index in [4.69, 9.17) is 10.5 Å². The van der Waals surface area contributed by atoms with Gasteiger partial charge in [-0.3, -0.25) is 4.79 Å². The molecule has 4 nitrogen and oxygen atoms in total. The number of ether oxygens (including phenoxy) is 1. The summed E-state index contributed by atoms with van der Waals surface area (Å²) in [5.41, 5.74) is 5.03. The molecule has 0 aromatic heterocycles. The van der Waals surface area contributed by atoms with Gasteiger partial charge in [-0.1, -0.05) is 12.1 Å². The van der Waals surface area contributed by atoms with E-state index in [1.165, 1.54) is 12.1 Å². The van der Waals surface area contributed by atoms with Crippen molar-refractivity contribution >= 4 is 11.6 Å². The van der Waals surface area contributed by atoms with Gasteiger partial charge < -0.3 is 15.8 Å². The minimum absolute atomic E-state index is 0.145. The van der Waals surface area contributed by atoms with Crippen LogP contribution in [-0.4, -0.2) is 24.7 Å². The average molecular weight is 240 g/mol. The summed E-state index contributed by atoms with van der Waals surface area (Å²) in [5, 5.41) is 2.43. The van der Waals surface area contributed by atoms with Crippen molar-refractivity contribution < 1.29 is 13.9 Å². The highest BCUT2D eigenvalue weighted by Gasteiger charge is 2.17. The van der Waals surface area contributed by atoms with E-state index in [0.29, 0.717) is 6.54 Å². The van der Waals surface area contributed by atoms with Gasteiger partial charge in [-0.05, 0) is 26.0 Å². The summed E-state index contributed by atoms with van der Waals surface area (Å²) in [6.45, 7) is 3.71. The van der Waals surface area contributed by atoms with E-state index in [-0.39, 0.29) is 12.3 Å². The van der Waals surface area contributed by atoms with E-state index >= 15 is 0 Å². The standard InChI is InChI=1S/C12H17FN2O2/c1-12(2,8-14)17-7-11(16)15-10-6-4-3-5-9(10)13/h3-6H,7-8,14H2,1-2H3,(H,15,16). The van der Waals surface area contributed by atoms with Crippen LogP contribution in [0, 0.1) is 5.82 Å². The van der Waals surface area contributed by atoms with Crippen molar-refractivity contribution in [3.63, 3.8) is 0 Å². The largest absolute Gasteiger partial charge is 0.364 e. The molecule has 0 aliphatic carbocycles. The first-order chi connectivity index (χ1) is 7.94. The minimum atomic E-state index is -0.563. The third kappa shape index (κ3) is 4.50. The Morgan fingerprint density at radius 2 is 2.12 bits per heavy atom. The lowest BCUT2D eigenvalue weighted by Crippen LogP contribution is -2.36. The molecular weight excluding hydrogens is 223 g/mol. The van der Waals surface area contributed by atoms with Gasteiger partial charge in [0.05, 0.1) is 11.3 Å². The van der Waals surface area contributed by atoms with Crippen molar-refractivity contribution in [1.29, 1.82) is 0 Å². The topological polar surface area (TPSA) is 64.3 Å². The van der Waals surface area contributed by atoms with Crippen LogP contribution in [0.25, 0.3) is 0 Å². The van der Waals surface area contributed by atoms with Crippen LogP contribution in [0.4, 0.5) is 10.1 Å². The number of anilines is 1. The van der Waals surface area contributed by atoms with Gasteiger partial charge in [0, 0.05) is 6.54 Å². The minimum Gasteiger partial charge on any atom is -0.364 e. The lowest BCUT2D eigenvalue weighted by molar-refractivity contribution is -0.125. The second kappa shape index (κ2) is 5.75. The van der Waals surface area contributed by atoms with Gasteiger partial charge in [-0.25, -0.2) is 4.39 Å². The first kappa shape index (κ1) is 13.6. The Bertz CT molecular complexity index is 394. The van der Waals surface area contributed by atoms with Crippen LogP contribution >= 0.6 is 0 Å². The maximum atomic E-state index is 13.2. The highest BCUT2D eigenvalue weighted by molar-refractivity contribution is 5.91. The van der Waals surface area contributed by atoms with Crippen LogP contribution in [0.2, 0.25) is 0 Å². The zero-order valence-corrected chi connectivity index (χ0v) is 10.00. The molecule has 5 heteroatoms. The third-order valence-corrected chi connectivity index (χ3v) is 2.23. The average Bonchev–Trinajstić information content (AvgIpc) is 2.30. The fraction of sp³-hybridized carbons (Fsp3) is 0.417. The highest BCUT2D eigenvalue weighted by atomic mass is 19.1. The van der Waals surface area contributed by atoms with Crippen molar-refractivity contribution in [2.45, 2.75) is 19.4 Å².